The number of carbonyl (C=O) groups excluding carboxylic acids is 2. The molecular weight excluding hydrogens is 292 g/mol. The maximum absolute atomic E-state index is 12.2. The fourth-order valence-electron chi connectivity index (χ4n) is 3.32. The molecule has 1 aromatic rings. The van der Waals surface area contributed by atoms with Gasteiger partial charge in [0.1, 0.15) is 5.75 Å². The smallest absolute Gasteiger partial charge is 0.225 e. The zero-order chi connectivity index (χ0) is 16.2. The van der Waals surface area contributed by atoms with Gasteiger partial charge in [-0.1, -0.05) is 18.2 Å². The summed E-state index contributed by atoms with van der Waals surface area (Å²) in [5.41, 5.74) is 0.991. The Morgan fingerprint density at radius 3 is 2.74 bits per heavy atom. The fourth-order valence-corrected chi connectivity index (χ4v) is 3.32. The maximum Gasteiger partial charge on any atom is 0.225 e. The molecule has 0 bridgehead atoms. The van der Waals surface area contributed by atoms with Crippen LogP contribution in [0.5, 0.6) is 5.75 Å². The van der Waals surface area contributed by atoms with Crippen molar-refractivity contribution in [2.24, 2.45) is 5.92 Å². The van der Waals surface area contributed by atoms with E-state index in [-0.39, 0.29) is 17.7 Å². The molecule has 1 unspecified atom stereocenters. The fraction of sp³-hybridized carbons (Fsp3) is 0.556. The van der Waals surface area contributed by atoms with Gasteiger partial charge in [0.05, 0.1) is 12.0 Å². The molecule has 1 aliphatic carbocycles. The van der Waals surface area contributed by atoms with E-state index in [1.807, 2.05) is 24.3 Å². The van der Waals surface area contributed by atoms with E-state index in [9.17, 15) is 9.59 Å². The van der Waals surface area contributed by atoms with E-state index in [0.29, 0.717) is 25.6 Å². The zero-order valence-electron chi connectivity index (χ0n) is 13.6. The van der Waals surface area contributed by atoms with Crippen LogP contribution in [0.15, 0.2) is 24.3 Å². The third kappa shape index (κ3) is 3.84. The minimum atomic E-state index is -0.240. The molecule has 1 aliphatic heterocycles. The average Bonchev–Trinajstić information content (AvgIpc) is 3.17. The molecular formula is C18H24N2O3. The molecule has 23 heavy (non-hydrogen) atoms. The number of carbonyl (C=O) groups is 2. The van der Waals surface area contributed by atoms with Crippen molar-refractivity contribution in [3.63, 3.8) is 0 Å². The summed E-state index contributed by atoms with van der Waals surface area (Å²) in [5, 5.41) is 2.95. The molecule has 2 fully saturated rings. The van der Waals surface area contributed by atoms with Gasteiger partial charge in [-0.15, -0.1) is 0 Å². The van der Waals surface area contributed by atoms with Gasteiger partial charge in [0.25, 0.3) is 0 Å². The Balaban J connectivity index is 1.57. The van der Waals surface area contributed by atoms with Crippen LogP contribution in [0.1, 0.15) is 37.7 Å². The van der Waals surface area contributed by atoms with Crippen LogP contribution in [-0.4, -0.2) is 36.4 Å². The highest BCUT2D eigenvalue weighted by molar-refractivity contribution is 5.89. The number of likely N-dealkylation sites (tertiary alicyclic amines) is 1. The molecule has 0 spiro atoms. The molecule has 1 N–H and O–H groups in total. The van der Waals surface area contributed by atoms with Crippen LogP contribution in [0.2, 0.25) is 0 Å². The van der Waals surface area contributed by atoms with E-state index < -0.39 is 0 Å². The monoisotopic (exact) mass is 316 g/mol. The van der Waals surface area contributed by atoms with Crippen LogP contribution in [0, 0.1) is 5.92 Å². The van der Waals surface area contributed by atoms with Crippen molar-refractivity contribution in [2.45, 2.75) is 44.8 Å². The first kappa shape index (κ1) is 15.8. The predicted molar refractivity (Wildman–Crippen MR) is 86.9 cm³/mol. The van der Waals surface area contributed by atoms with Crippen molar-refractivity contribution in [3.05, 3.63) is 29.8 Å². The highest BCUT2D eigenvalue weighted by Gasteiger charge is 2.32. The summed E-state index contributed by atoms with van der Waals surface area (Å²) in [7, 11) is 1.74. The minimum absolute atomic E-state index is 0.0371. The highest BCUT2D eigenvalue weighted by atomic mass is 16.5. The Labute approximate surface area is 137 Å². The summed E-state index contributed by atoms with van der Waals surface area (Å²) < 4.78 is 6.08. The van der Waals surface area contributed by atoms with E-state index in [1.54, 1.807) is 11.9 Å². The molecule has 3 rings (SSSR count). The van der Waals surface area contributed by atoms with Crippen molar-refractivity contribution >= 4 is 11.8 Å². The van der Waals surface area contributed by atoms with Crippen molar-refractivity contribution < 1.29 is 14.3 Å². The molecule has 1 atom stereocenters. The Morgan fingerprint density at radius 2 is 2.04 bits per heavy atom. The number of benzene rings is 1. The van der Waals surface area contributed by atoms with Crippen LogP contribution in [0.3, 0.4) is 0 Å². The minimum Gasteiger partial charge on any atom is -0.490 e. The van der Waals surface area contributed by atoms with Crippen molar-refractivity contribution in [1.29, 1.82) is 0 Å². The van der Waals surface area contributed by atoms with Gasteiger partial charge in [-0.2, -0.15) is 0 Å². The van der Waals surface area contributed by atoms with Crippen LogP contribution >= 0.6 is 0 Å². The van der Waals surface area contributed by atoms with Gasteiger partial charge < -0.3 is 15.0 Å². The first-order chi connectivity index (χ1) is 11.1. The van der Waals surface area contributed by atoms with Gasteiger partial charge in [-0.05, 0) is 31.7 Å². The molecule has 2 aliphatic rings. The normalized spacial score (nSPS) is 21.7. The molecule has 5 heteroatoms. The molecule has 0 aromatic heterocycles. The van der Waals surface area contributed by atoms with Crippen LogP contribution < -0.4 is 10.1 Å². The number of hydrogen-bond acceptors (Lipinski definition) is 3. The second-order valence-corrected chi connectivity index (χ2v) is 6.53. The lowest BCUT2D eigenvalue weighted by Gasteiger charge is -2.17. The predicted octanol–water partition coefficient (Wildman–Crippen LogP) is 2.10. The Kier molecular flexibility index (Phi) is 4.84. The lowest BCUT2D eigenvalue weighted by molar-refractivity contribution is -0.128. The summed E-state index contributed by atoms with van der Waals surface area (Å²) in [6.45, 7) is 0.945. The Morgan fingerprint density at radius 1 is 1.30 bits per heavy atom. The summed E-state index contributed by atoms with van der Waals surface area (Å²) >= 11 is 0. The number of amides is 2. The standard InChI is InChI=1S/C18H24N2O3/c1-20-12-14(10-17(20)21)18(22)19-11-13-6-2-5-9-16(13)23-15-7-3-4-8-15/h2,5-6,9,14-15H,3-4,7-8,10-12H2,1H3,(H,19,22). The Bertz CT molecular complexity index is 581. The number of rotatable bonds is 5. The van der Waals surface area contributed by atoms with E-state index in [2.05, 4.69) is 5.32 Å². The summed E-state index contributed by atoms with van der Waals surface area (Å²) in [6, 6.07) is 7.86. The zero-order valence-corrected chi connectivity index (χ0v) is 13.6. The SMILES string of the molecule is CN1CC(C(=O)NCc2ccccc2OC2CCCC2)CC1=O. The topological polar surface area (TPSA) is 58.6 Å². The molecule has 1 saturated heterocycles. The molecule has 5 nitrogen and oxygen atoms in total. The quantitative estimate of drug-likeness (QED) is 0.905. The second-order valence-electron chi connectivity index (χ2n) is 6.53. The van der Waals surface area contributed by atoms with E-state index in [1.165, 1.54) is 12.8 Å². The Hall–Kier alpha value is -2.04. The third-order valence-electron chi connectivity index (χ3n) is 4.73. The van der Waals surface area contributed by atoms with Gasteiger partial charge in [-0.25, -0.2) is 0 Å². The largest absolute Gasteiger partial charge is 0.490 e. The third-order valence-corrected chi connectivity index (χ3v) is 4.73. The number of hydrogen-bond donors (Lipinski definition) is 1. The number of nitrogens with one attached hydrogen (secondary N) is 1. The first-order valence-electron chi connectivity index (χ1n) is 8.39. The second kappa shape index (κ2) is 7.02. The van der Waals surface area contributed by atoms with Gasteiger partial charge in [0, 0.05) is 32.1 Å². The lowest BCUT2D eigenvalue weighted by atomic mass is 10.1. The molecule has 1 saturated carbocycles. The molecule has 2 amide bonds. The number of nitrogens with zero attached hydrogens (tertiary/aromatic N) is 1. The van der Waals surface area contributed by atoms with Gasteiger partial charge in [-0.3, -0.25) is 9.59 Å². The van der Waals surface area contributed by atoms with Crippen LogP contribution in [0.25, 0.3) is 0 Å². The summed E-state index contributed by atoms with van der Waals surface area (Å²) in [4.78, 5) is 25.4. The van der Waals surface area contributed by atoms with Gasteiger partial charge in [0.15, 0.2) is 0 Å². The first-order valence-corrected chi connectivity index (χ1v) is 8.39. The average molecular weight is 316 g/mol. The van der Waals surface area contributed by atoms with Crippen molar-refractivity contribution in [1.82, 2.24) is 10.2 Å². The molecule has 1 heterocycles. The van der Waals surface area contributed by atoms with E-state index in [4.69, 9.17) is 4.74 Å². The van der Waals surface area contributed by atoms with Gasteiger partial charge >= 0.3 is 0 Å². The summed E-state index contributed by atoms with van der Waals surface area (Å²) in [6.07, 6.45) is 5.28. The van der Waals surface area contributed by atoms with Crippen molar-refractivity contribution in [2.75, 3.05) is 13.6 Å². The molecule has 0 radical (unpaired) electrons. The van der Waals surface area contributed by atoms with Crippen LogP contribution in [0.4, 0.5) is 0 Å². The maximum atomic E-state index is 12.2. The number of ether oxygens (including phenoxy) is 1. The molecule has 124 valence electrons. The van der Waals surface area contributed by atoms with E-state index >= 15 is 0 Å². The highest BCUT2D eigenvalue weighted by Crippen LogP contribution is 2.26. The number of para-hydroxylation sites is 1. The van der Waals surface area contributed by atoms with E-state index in [0.717, 1.165) is 24.2 Å². The summed E-state index contributed by atoms with van der Waals surface area (Å²) in [5.74, 6) is 0.600. The van der Waals surface area contributed by atoms with Crippen LogP contribution in [-0.2, 0) is 16.1 Å². The van der Waals surface area contributed by atoms with Gasteiger partial charge in [0.2, 0.25) is 11.8 Å². The molecule has 1 aromatic carbocycles. The van der Waals surface area contributed by atoms with Crippen molar-refractivity contribution in [3.8, 4) is 5.75 Å². The lowest BCUT2D eigenvalue weighted by Crippen LogP contribution is -2.32.